The van der Waals surface area contributed by atoms with E-state index in [9.17, 15) is 0 Å². The molecular weight excluding hydrogens is 204 g/mol. The lowest BCUT2D eigenvalue weighted by molar-refractivity contribution is 1.20. The number of pyridine rings is 1. The molecule has 0 amide bonds. The second-order valence-electron chi connectivity index (χ2n) is 2.28. The summed E-state index contributed by atoms with van der Waals surface area (Å²) in [6.45, 7) is 0. The Hall–Kier alpha value is -1.82. The van der Waals surface area contributed by atoms with Gasteiger partial charge in [-0.3, -0.25) is 21.1 Å². The largest absolute Gasteiger partial charge is 0.370 e. The smallest absolute Gasteiger partial charge is 0.199 e. The zero-order valence-electron chi connectivity index (χ0n) is 7.24. The number of nitrogens with zero attached hydrogens (tertiary/aromatic N) is 1. The van der Waals surface area contributed by atoms with E-state index in [4.69, 9.17) is 16.6 Å². The second kappa shape index (κ2) is 5.76. The van der Waals surface area contributed by atoms with Crippen molar-refractivity contribution in [1.82, 2.24) is 10.3 Å². The molecule has 1 heterocycles. The molecule has 0 aliphatic carbocycles. The van der Waals surface area contributed by atoms with Gasteiger partial charge in [0.2, 0.25) is 0 Å². The predicted octanol–water partition coefficient (Wildman–Crippen LogP) is 0.333. The molecule has 0 radical (unpaired) electrons. The Morgan fingerprint density at radius 2 is 2.14 bits per heavy atom. The zero-order valence-corrected chi connectivity index (χ0v) is 8.06. The highest BCUT2D eigenvalue weighted by Crippen LogP contribution is 2.00. The van der Waals surface area contributed by atoms with Gasteiger partial charge in [0.05, 0.1) is 11.9 Å². The van der Waals surface area contributed by atoms with Gasteiger partial charge in [-0.1, -0.05) is 0 Å². The van der Waals surface area contributed by atoms with E-state index in [0.717, 1.165) is 0 Å². The maximum absolute atomic E-state index is 7.29. The number of hydrogen-bond acceptors (Lipinski definition) is 3. The van der Waals surface area contributed by atoms with Gasteiger partial charge in [0, 0.05) is 6.20 Å². The average Bonchev–Trinajstić information content (AvgIpc) is 2.04. The SMILES string of the molecule is Cl.N=C(N)NC(=N)Nc1cccnc1. The van der Waals surface area contributed by atoms with Gasteiger partial charge in [-0.2, -0.15) is 0 Å². The van der Waals surface area contributed by atoms with E-state index < -0.39 is 0 Å². The zero-order chi connectivity index (χ0) is 9.68. The van der Waals surface area contributed by atoms with Crippen LogP contribution in [0.1, 0.15) is 0 Å². The quantitative estimate of drug-likeness (QED) is 0.343. The number of anilines is 1. The predicted molar refractivity (Wildman–Crippen MR) is 57.9 cm³/mol. The maximum atomic E-state index is 7.29. The number of rotatable bonds is 1. The Bertz CT molecular complexity index is 311. The van der Waals surface area contributed by atoms with Crippen LogP contribution >= 0.6 is 12.4 Å². The summed E-state index contributed by atoms with van der Waals surface area (Å²) in [6, 6.07) is 3.49. The molecular formula is C7H11ClN6. The molecule has 0 aromatic carbocycles. The van der Waals surface area contributed by atoms with Crippen molar-refractivity contribution in [2.75, 3.05) is 5.32 Å². The van der Waals surface area contributed by atoms with Gasteiger partial charge >= 0.3 is 0 Å². The van der Waals surface area contributed by atoms with E-state index in [1.54, 1.807) is 24.5 Å². The van der Waals surface area contributed by atoms with Crippen molar-refractivity contribution < 1.29 is 0 Å². The monoisotopic (exact) mass is 214 g/mol. The highest BCUT2D eigenvalue weighted by Gasteiger charge is 1.96. The lowest BCUT2D eigenvalue weighted by atomic mass is 10.4. The molecule has 0 atom stereocenters. The third kappa shape index (κ3) is 4.27. The molecule has 0 aliphatic heterocycles. The van der Waals surface area contributed by atoms with Crippen molar-refractivity contribution >= 4 is 30.0 Å². The Morgan fingerprint density at radius 1 is 1.43 bits per heavy atom. The molecule has 7 heteroatoms. The Kier molecular flexibility index (Phi) is 5.01. The van der Waals surface area contributed by atoms with Gasteiger partial charge < -0.3 is 11.1 Å². The van der Waals surface area contributed by atoms with E-state index in [1.165, 1.54) is 0 Å². The van der Waals surface area contributed by atoms with Gasteiger partial charge in [-0.15, -0.1) is 12.4 Å². The van der Waals surface area contributed by atoms with Crippen LogP contribution in [0, 0.1) is 10.8 Å². The van der Waals surface area contributed by atoms with E-state index >= 15 is 0 Å². The molecule has 1 aromatic rings. The summed E-state index contributed by atoms with van der Waals surface area (Å²) < 4.78 is 0. The molecule has 0 fully saturated rings. The first-order valence-corrected chi connectivity index (χ1v) is 3.55. The van der Waals surface area contributed by atoms with E-state index in [2.05, 4.69) is 15.6 Å². The van der Waals surface area contributed by atoms with Crippen molar-refractivity contribution in [2.45, 2.75) is 0 Å². The van der Waals surface area contributed by atoms with Crippen molar-refractivity contribution in [1.29, 1.82) is 10.8 Å². The summed E-state index contributed by atoms with van der Waals surface area (Å²) in [5.41, 5.74) is 5.69. The number of nitrogens with one attached hydrogen (secondary N) is 4. The normalized spacial score (nSPS) is 8.29. The summed E-state index contributed by atoms with van der Waals surface area (Å²) in [4.78, 5) is 3.85. The number of nitrogens with two attached hydrogens (primary N) is 1. The van der Waals surface area contributed by atoms with Crippen LogP contribution in [0.25, 0.3) is 0 Å². The fraction of sp³-hybridized carbons (Fsp3) is 0. The molecule has 76 valence electrons. The van der Waals surface area contributed by atoms with E-state index in [-0.39, 0.29) is 24.3 Å². The molecule has 1 rings (SSSR count). The van der Waals surface area contributed by atoms with Crippen molar-refractivity contribution in [3.05, 3.63) is 24.5 Å². The minimum Gasteiger partial charge on any atom is -0.370 e. The Morgan fingerprint density at radius 3 is 2.64 bits per heavy atom. The van der Waals surface area contributed by atoms with Gasteiger partial charge in [-0.05, 0) is 12.1 Å². The lowest BCUT2D eigenvalue weighted by Gasteiger charge is -2.07. The van der Waals surface area contributed by atoms with Crippen molar-refractivity contribution in [3.8, 4) is 0 Å². The molecule has 0 spiro atoms. The first-order valence-electron chi connectivity index (χ1n) is 3.55. The van der Waals surface area contributed by atoms with Crippen LogP contribution in [-0.4, -0.2) is 16.9 Å². The third-order valence-corrected chi connectivity index (χ3v) is 1.19. The fourth-order valence-electron chi connectivity index (χ4n) is 0.747. The maximum Gasteiger partial charge on any atom is 0.199 e. The van der Waals surface area contributed by atoms with Gasteiger partial charge in [0.1, 0.15) is 0 Å². The van der Waals surface area contributed by atoms with E-state index in [1.807, 2.05) is 0 Å². The highest BCUT2D eigenvalue weighted by atomic mass is 35.5. The molecule has 0 unspecified atom stereocenters. The summed E-state index contributed by atoms with van der Waals surface area (Å²) in [5, 5.41) is 19.1. The Balaban J connectivity index is 0.00000169. The topological polar surface area (TPSA) is 111 Å². The summed E-state index contributed by atoms with van der Waals surface area (Å²) >= 11 is 0. The highest BCUT2D eigenvalue weighted by molar-refractivity contribution is 6.01. The Labute approximate surface area is 87.3 Å². The standard InChI is InChI=1S/C7H10N6.ClH/c8-6(9)13-7(10)12-5-2-1-3-11-4-5;/h1-4H,(H6,8,9,10,12,13);1H. The van der Waals surface area contributed by atoms with Gasteiger partial charge in [-0.25, -0.2) is 0 Å². The number of hydrogen-bond donors (Lipinski definition) is 5. The third-order valence-electron chi connectivity index (χ3n) is 1.19. The molecule has 0 saturated carbocycles. The van der Waals surface area contributed by atoms with Gasteiger partial charge in [0.15, 0.2) is 11.9 Å². The molecule has 0 bridgehead atoms. The van der Waals surface area contributed by atoms with Crippen LogP contribution < -0.4 is 16.4 Å². The summed E-state index contributed by atoms with van der Waals surface area (Å²) in [7, 11) is 0. The average molecular weight is 215 g/mol. The van der Waals surface area contributed by atoms with Crippen LogP contribution in [0.5, 0.6) is 0 Å². The lowest BCUT2D eigenvalue weighted by Crippen LogP contribution is -2.39. The van der Waals surface area contributed by atoms with E-state index in [0.29, 0.717) is 5.69 Å². The number of halogens is 1. The summed E-state index contributed by atoms with van der Waals surface area (Å²) in [5.74, 6) is -0.332. The first kappa shape index (κ1) is 12.2. The molecule has 0 aliphatic rings. The molecule has 6 N–H and O–H groups in total. The second-order valence-corrected chi connectivity index (χ2v) is 2.28. The molecule has 14 heavy (non-hydrogen) atoms. The first-order chi connectivity index (χ1) is 6.18. The molecule has 0 saturated heterocycles. The van der Waals surface area contributed by atoms with Gasteiger partial charge in [0.25, 0.3) is 0 Å². The van der Waals surface area contributed by atoms with Crippen LogP contribution in [0.15, 0.2) is 24.5 Å². The van der Waals surface area contributed by atoms with Crippen LogP contribution in [0.2, 0.25) is 0 Å². The van der Waals surface area contributed by atoms with Crippen LogP contribution in [0.4, 0.5) is 5.69 Å². The van der Waals surface area contributed by atoms with Crippen LogP contribution in [-0.2, 0) is 0 Å². The summed E-state index contributed by atoms with van der Waals surface area (Å²) in [6.07, 6.45) is 3.20. The minimum atomic E-state index is -0.276. The fourth-order valence-corrected chi connectivity index (χ4v) is 0.747. The minimum absolute atomic E-state index is 0. The van der Waals surface area contributed by atoms with Crippen molar-refractivity contribution in [2.24, 2.45) is 5.73 Å². The van der Waals surface area contributed by atoms with Crippen molar-refractivity contribution in [3.63, 3.8) is 0 Å². The molecule has 6 nitrogen and oxygen atoms in total. The van der Waals surface area contributed by atoms with Crippen LogP contribution in [0.3, 0.4) is 0 Å². The number of guanidine groups is 2. The molecule has 1 aromatic heterocycles. The number of aromatic nitrogens is 1.